The smallest absolute Gasteiger partial charge is 0.273 e. The average molecular weight is 370 g/mol. The number of sulfone groups is 1. The summed E-state index contributed by atoms with van der Waals surface area (Å²) in [5.41, 5.74) is 0.187. The summed E-state index contributed by atoms with van der Waals surface area (Å²) in [5, 5.41) is 10.9. The number of nitrogens with zero attached hydrogens (tertiary/aromatic N) is 1. The summed E-state index contributed by atoms with van der Waals surface area (Å²) >= 11 is 0. The van der Waals surface area contributed by atoms with Crippen LogP contribution in [0.25, 0.3) is 0 Å². The normalized spacial score (nSPS) is 11.9. The van der Waals surface area contributed by atoms with E-state index in [1.54, 1.807) is 0 Å². The molecule has 0 saturated heterocycles. The van der Waals surface area contributed by atoms with Crippen molar-refractivity contribution in [1.82, 2.24) is 0 Å². The fraction of sp³-hybridized carbons (Fsp3) is 0.143. The van der Waals surface area contributed by atoms with Crippen LogP contribution in [0, 0.1) is 17.0 Å². The van der Waals surface area contributed by atoms with Crippen molar-refractivity contribution in [3.05, 3.63) is 58.1 Å². The monoisotopic (exact) mass is 370 g/mol. The first-order valence-corrected chi connectivity index (χ1v) is 9.96. The van der Waals surface area contributed by atoms with Crippen LogP contribution in [0.5, 0.6) is 0 Å². The summed E-state index contributed by atoms with van der Waals surface area (Å²) in [6.45, 7) is 1.51. The number of hydrogen-bond donors (Lipinski definition) is 1. The van der Waals surface area contributed by atoms with Crippen molar-refractivity contribution in [3.63, 3.8) is 0 Å². The molecule has 2 rings (SSSR count). The molecule has 0 bridgehead atoms. The van der Waals surface area contributed by atoms with Gasteiger partial charge in [0.1, 0.15) is 0 Å². The molecule has 0 aromatic heterocycles. The van der Waals surface area contributed by atoms with Crippen molar-refractivity contribution in [2.75, 3.05) is 11.0 Å². The Labute approximate surface area is 139 Å². The van der Waals surface area contributed by atoms with E-state index in [2.05, 4.69) is 4.72 Å². The van der Waals surface area contributed by atoms with Gasteiger partial charge in [0.25, 0.3) is 15.7 Å². The van der Waals surface area contributed by atoms with Crippen molar-refractivity contribution < 1.29 is 21.8 Å². The average Bonchev–Trinajstić information content (AvgIpc) is 2.46. The standard InChI is InChI=1S/C14H14N2O6S2/c1-10-3-6-13(9-14(10)16(17)18)24(21,22)15-11-4-7-12(8-5-11)23(2,19)20/h3-9,15H,1-2H3. The van der Waals surface area contributed by atoms with Crippen LogP contribution < -0.4 is 4.72 Å². The van der Waals surface area contributed by atoms with E-state index < -0.39 is 24.8 Å². The molecule has 8 nitrogen and oxygen atoms in total. The molecule has 10 heteroatoms. The van der Waals surface area contributed by atoms with Crippen LogP contribution in [0.4, 0.5) is 11.4 Å². The fourth-order valence-electron chi connectivity index (χ4n) is 1.94. The molecule has 0 aliphatic carbocycles. The number of nitrogens with one attached hydrogen (secondary N) is 1. The lowest BCUT2D eigenvalue weighted by Gasteiger charge is -2.09. The lowest BCUT2D eigenvalue weighted by Crippen LogP contribution is -2.13. The molecule has 0 aliphatic rings. The van der Waals surface area contributed by atoms with E-state index in [-0.39, 0.29) is 21.2 Å². The first-order chi connectivity index (χ1) is 11.0. The van der Waals surface area contributed by atoms with E-state index in [0.717, 1.165) is 12.3 Å². The van der Waals surface area contributed by atoms with Gasteiger partial charge in [-0.15, -0.1) is 0 Å². The van der Waals surface area contributed by atoms with E-state index in [1.807, 2.05) is 0 Å². The molecule has 24 heavy (non-hydrogen) atoms. The number of nitro groups is 1. The highest BCUT2D eigenvalue weighted by molar-refractivity contribution is 7.92. The first-order valence-electron chi connectivity index (χ1n) is 6.59. The zero-order chi connectivity index (χ0) is 18.1. The third-order valence-corrected chi connectivity index (χ3v) is 5.73. The summed E-state index contributed by atoms with van der Waals surface area (Å²) < 4.78 is 49.7. The molecular weight excluding hydrogens is 356 g/mol. The number of benzene rings is 2. The highest BCUT2D eigenvalue weighted by atomic mass is 32.2. The number of nitro benzene ring substituents is 1. The van der Waals surface area contributed by atoms with E-state index in [0.29, 0.717) is 5.56 Å². The molecule has 2 aromatic carbocycles. The van der Waals surface area contributed by atoms with Gasteiger partial charge < -0.3 is 0 Å². The Morgan fingerprint density at radius 3 is 2.00 bits per heavy atom. The Balaban J connectivity index is 2.35. The Morgan fingerprint density at radius 2 is 1.50 bits per heavy atom. The minimum atomic E-state index is -4.04. The predicted molar refractivity (Wildman–Crippen MR) is 88.2 cm³/mol. The van der Waals surface area contributed by atoms with Gasteiger partial charge in [-0.3, -0.25) is 14.8 Å². The second-order valence-electron chi connectivity index (χ2n) is 5.11. The van der Waals surface area contributed by atoms with E-state index in [1.165, 1.54) is 43.3 Å². The molecule has 0 heterocycles. The minimum Gasteiger partial charge on any atom is -0.280 e. The van der Waals surface area contributed by atoms with Crippen LogP contribution >= 0.6 is 0 Å². The zero-order valence-corrected chi connectivity index (χ0v) is 14.4. The van der Waals surface area contributed by atoms with Crippen molar-refractivity contribution in [1.29, 1.82) is 0 Å². The van der Waals surface area contributed by atoms with Gasteiger partial charge in [-0.25, -0.2) is 16.8 Å². The highest BCUT2D eigenvalue weighted by Crippen LogP contribution is 2.24. The summed E-state index contributed by atoms with van der Waals surface area (Å²) in [6, 6.07) is 8.72. The van der Waals surface area contributed by atoms with Gasteiger partial charge in [0, 0.05) is 23.6 Å². The van der Waals surface area contributed by atoms with E-state index >= 15 is 0 Å². The molecule has 2 aromatic rings. The lowest BCUT2D eigenvalue weighted by molar-refractivity contribution is -0.385. The number of rotatable bonds is 5. The number of aryl methyl sites for hydroxylation is 1. The van der Waals surface area contributed by atoms with Gasteiger partial charge >= 0.3 is 0 Å². The SMILES string of the molecule is Cc1ccc(S(=O)(=O)Nc2ccc(S(C)(=O)=O)cc2)cc1[N+](=O)[O-]. The van der Waals surface area contributed by atoms with Crippen molar-refractivity contribution in [2.24, 2.45) is 0 Å². The van der Waals surface area contributed by atoms with Crippen LogP contribution in [-0.2, 0) is 19.9 Å². The molecule has 0 radical (unpaired) electrons. The van der Waals surface area contributed by atoms with Gasteiger partial charge in [0.2, 0.25) is 0 Å². The summed E-state index contributed by atoms with van der Waals surface area (Å²) in [7, 11) is -7.43. The van der Waals surface area contributed by atoms with Crippen LogP contribution in [0.15, 0.2) is 52.3 Å². The zero-order valence-electron chi connectivity index (χ0n) is 12.8. The molecule has 0 unspecified atom stereocenters. The van der Waals surface area contributed by atoms with Crippen LogP contribution in [0.3, 0.4) is 0 Å². The van der Waals surface area contributed by atoms with Gasteiger partial charge in [-0.05, 0) is 37.3 Å². The number of sulfonamides is 1. The third kappa shape index (κ3) is 3.89. The maximum Gasteiger partial charge on any atom is 0.273 e. The van der Waals surface area contributed by atoms with Gasteiger partial charge in [0.05, 0.1) is 14.7 Å². The van der Waals surface area contributed by atoms with Crippen LogP contribution in [-0.4, -0.2) is 28.0 Å². The quantitative estimate of drug-likeness (QED) is 0.635. The number of anilines is 1. The van der Waals surface area contributed by atoms with Gasteiger partial charge in [-0.2, -0.15) is 0 Å². The summed E-state index contributed by atoms with van der Waals surface area (Å²) in [5.74, 6) is 0. The van der Waals surface area contributed by atoms with Crippen LogP contribution in [0.2, 0.25) is 0 Å². The third-order valence-electron chi connectivity index (χ3n) is 3.22. The van der Waals surface area contributed by atoms with E-state index in [9.17, 15) is 26.9 Å². The topological polar surface area (TPSA) is 123 Å². The summed E-state index contributed by atoms with van der Waals surface area (Å²) in [4.78, 5) is 10.1. The molecule has 0 aliphatic heterocycles. The molecule has 1 N–H and O–H groups in total. The Kier molecular flexibility index (Phi) is 4.63. The highest BCUT2D eigenvalue weighted by Gasteiger charge is 2.20. The number of hydrogen-bond acceptors (Lipinski definition) is 6. The fourth-order valence-corrected chi connectivity index (χ4v) is 3.65. The Hall–Kier alpha value is -2.46. The van der Waals surface area contributed by atoms with Crippen molar-refractivity contribution in [2.45, 2.75) is 16.7 Å². The molecule has 0 amide bonds. The largest absolute Gasteiger partial charge is 0.280 e. The maximum absolute atomic E-state index is 12.3. The Morgan fingerprint density at radius 1 is 0.958 bits per heavy atom. The molecule has 0 spiro atoms. The molecule has 0 atom stereocenters. The summed E-state index contributed by atoms with van der Waals surface area (Å²) in [6.07, 6.45) is 1.04. The van der Waals surface area contributed by atoms with Crippen LogP contribution in [0.1, 0.15) is 5.56 Å². The van der Waals surface area contributed by atoms with E-state index in [4.69, 9.17) is 0 Å². The van der Waals surface area contributed by atoms with Gasteiger partial charge in [0.15, 0.2) is 9.84 Å². The molecule has 128 valence electrons. The first kappa shape index (κ1) is 17.9. The molecule has 0 saturated carbocycles. The Bertz CT molecular complexity index is 996. The predicted octanol–water partition coefficient (Wildman–Crippen LogP) is 2.11. The maximum atomic E-state index is 12.3. The second kappa shape index (κ2) is 6.21. The minimum absolute atomic E-state index is 0.0522. The lowest BCUT2D eigenvalue weighted by atomic mass is 10.2. The molecule has 0 fully saturated rings. The second-order valence-corrected chi connectivity index (χ2v) is 8.81. The van der Waals surface area contributed by atoms with Crippen molar-refractivity contribution >= 4 is 31.2 Å². The van der Waals surface area contributed by atoms with Gasteiger partial charge in [-0.1, -0.05) is 6.07 Å². The molecular formula is C14H14N2O6S2. The van der Waals surface area contributed by atoms with Crippen molar-refractivity contribution in [3.8, 4) is 0 Å².